The lowest BCUT2D eigenvalue weighted by atomic mass is 10.1. The van der Waals surface area contributed by atoms with Gasteiger partial charge in [-0.1, -0.05) is 41.9 Å². The Morgan fingerprint density at radius 1 is 1.10 bits per heavy atom. The number of alkyl halides is 3. The van der Waals surface area contributed by atoms with Crippen LogP contribution in [0.25, 0.3) is 6.08 Å². The Hall–Kier alpha value is -2.35. The zero-order valence-electron chi connectivity index (χ0n) is 16.2. The summed E-state index contributed by atoms with van der Waals surface area (Å²) in [6.45, 7) is 4.54. The summed E-state index contributed by atoms with van der Waals surface area (Å²) in [6.07, 6.45) is -2.01. The summed E-state index contributed by atoms with van der Waals surface area (Å²) in [5.41, 5.74) is 1.45. The van der Waals surface area contributed by atoms with Crippen molar-refractivity contribution in [2.24, 2.45) is 0 Å². The van der Waals surface area contributed by atoms with Crippen molar-refractivity contribution >= 4 is 23.6 Å². The van der Waals surface area contributed by atoms with Crippen LogP contribution in [-0.2, 0) is 28.8 Å². The molecule has 0 aliphatic carbocycles. The summed E-state index contributed by atoms with van der Waals surface area (Å²) in [5.74, 6) is -0.393. The van der Waals surface area contributed by atoms with Crippen molar-refractivity contribution in [3.05, 3.63) is 75.8 Å². The third kappa shape index (κ3) is 6.58. The number of carbonyl (C=O) groups excluding carboxylic acids is 1. The average Bonchev–Trinajstić information content (AvgIpc) is 2.72. The molecule has 1 aliphatic heterocycles. The monoisotopic (exact) mass is 438 g/mol. The van der Waals surface area contributed by atoms with Crippen molar-refractivity contribution in [1.29, 1.82) is 0 Å². The van der Waals surface area contributed by atoms with Crippen LogP contribution in [0.4, 0.5) is 13.2 Å². The van der Waals surface area contributed by atoms with Gasteiger partial charge in [-0.05, 0) is 34.9 Å². The van der Waals surface area contributed by atoms with Crippen LogP contribution in [0.1, 0.15) is 22.3 Å². The number of rotatable bonds is 6. The van der Waals surface area contributed by atoms with Crippen molar-refractivity contribution in [2.45, 2.75) is 19.3 Å². The van der Waals surface area contributed by atoms with Crippen molar-refractivity contribution in [2.75, 3.05) is 26.3 Å². The van der Waals surface area contributed by atoms with Gasteiger partial charge in [0.25, 0.3) is 0 Å². The molecule has 160 valence electrons. The van der Waals surface area contributed by atoms with E-state index in [2.05, 4.69) is 10.2 Å². The Morgan fingerprint density at radius 2 is 1.77 bits per heavy atom. The second-order valence-corrected chi connectivity index (χ2v) is 7.40. The number of morpholine rings is 1. The average molecular weight is 439 g/mol. The number of hydrogen-bond donors (Lipinski definition) is 1. The Kier molecular flexibility index (Phi) is 7.53. The zero-order valence-corrected chi connectivity index (χ0v) is 17.0. The first-order valence-corrected chi connectivity index (χ1v) is 9.89. The number of amides is 1. The molecule has 1 fully saturated rings. The number of ether oxygens (including phenoxy) is 1. The smallest absolute Gasteiger partial charge is 0.379 e. The second-order valence-electron chi connectivity index (χ2n) is 6.99. The Bertz CT molecular complexity index is 892. The van der Waals surface area contributed by atoms with Crippen LogP contribution in [-0.4, -0.2) is 37.1 Å². The molecule has 1 N–H and O–H groups in total. The Balaban J connectivity index is 1.50. The van der Waals surface area contributed by atoms with Gasteiger partial charge in [-0.3, -0.25) is 9.69 Å². The third-order valence-electron chi connectivity index (χ3n) is 4.72. The molecule has 1 heterocycles. The molecule has 1 amide bonds. The van der Waals surface area contributed by atoms with Gasteiger partial charge in [-0.25, -0.2) is 0 Å². The van der Waals surface area contributed by atoms with E-state index in [1.807, 2.05) is 24.3 Å². The predicted molar refractivity (Wildman–Crippen MR) is 110 cm³/mol. The van der Waals surface area contributed by atoms with Crippen molar-refractivity contribution in [1.82, 2.24) is 10.2 Å². The SMILES string of the molecule is O=C(/C=C/c1ccc(Cl)c(C(F)(F)F)c1)NCc1ccc(CN2CCOCC2)cc1. The van der Waals surface area contributed by atoms with Crippen LogP contribution in [0.3, 0.4) is 0 Å². The molecule has 0 bridgehead atoms. The number of halogens is 4. The minimum absolute atomic E-state index is 0.245. The van der Waals surface area contributed by atoms with Gasteiger partial charge in [0, 0.05) is 32.3 Å². The van der Waals surface area contributed by atoms with Gasteiger partial charge in [0.05, 0.1) is 23.8 Å². The first kappa shape index (κ1) is 22.3. The molecule has 4 nitrogen and oxygen atoms in total. The molecular formula is C22H22ClF3N2O2. The minimum Gasteiger partial charge on any atom is -0.379 e. The lowest BCUT2D eigenvalue weighted by Crippen LogP contribution is -2.35. The standard InChI is InChI=1S/C22H22ClF3N2O2/c23-20-7-5-16(13-19(20)22(24,25)26)6-8-21(29)27-14-17-1-3-18(4-2-17)15-28-9-11-30-12-10-28/h1-8,13H,9-12,14-15H2,(H,27,29)/b8-6+. The largest absolute Gasteiger partial charge is 0.417 e. The van der Waals surface area contributed by atoms with Crippen LogP contribution in [0.15, 0.2) is 48.5 Å². The molecule has 0 spiro atoms. The van der Waals surface area contributed by atoms with Crippen LogP contribution in [0.5, 0.6) is 0 Å². The zero-order chi connectivity index (χ0) is 21.6. The summed E-state index contributed by atoms with van der Waals surface area (Å²) in [6, 6.07) is 11.5. The fraction of sp³-hybridized carbons (Fsp3) is 0.318. The summed E-state index contributed by atoms with van der Waals surface area (Å²) < 4.78 is 44.0. The highest BCUT2D eigenvalue weighted by molar-refractivity contribution is 6.31. The molecule has 1 aliphatic rings. The minimum atomic E-state index is -4.54. The van der Waals surface area contributed by atoms with Gasteiger partial charge >= 0.3 is 6.18 Å². The van der Waals surface area contributed by atoms with Gasteiger partial charge in [-0.2, -0.15) is 13.2 Å². The van der Waals surface area contributed by atoms with E-state index in [0.29, 0.717) is 6.54 Å². The van der Waals surface area contributed by atoms with Crippen LogP contribution < -0.4 is 5.32 Å². The molecule has 30 heavy (non-hydrogen) atoms. The number of benzene rings is 2. The molecule has 0 radical (unpaired) electrons. The number of hydrogen-bond acceptors (Lipinski definition) is 3. The van der Waals surface area contributed by atoms with E-state index in [-0.39, 0.29) is 10.6 Å². The molecule has 0 saturated carbocycles. The molecule has 0 aromatic heterocycles. The van der Waals surface area contributed by atoms with Crippen LogP contribution in [0, 0.1) is 0 Å². The van der Waals surface area contributed by atoms with Crippen molar-refractivity contribution in [3.8, 4) is 0 Å². The first-order valence-electron chi connectivity index (χ1n) is 9.52. The predicted octanol–water partition coefficient (Wildman–Crippen LogP) is 4.52. The van der Waals surface area contributed by atoms with Gasteiger partial charge < -0.3 is 10.1 Å². The Morgan fingerprint density at radius 3 is 2.43 bits per heavy atom. The summed E-state index contributed by atoms with van der Waals surface area (Å²) >= 11 is 5.60. The molecule has 2 aromatic rings. The van der Waals surface area contributed by atoms with Crippen molar-refractivity contribution in [3.63, 3.8) is 0 Å². The van der Waals surface area contributed by atoms with Gasteiger partial charge in [0.2, 0.25) is 5.91 Å². The fourth-order valence-corrected chi connectivity index (χ4v) is 3.29. The molecule has 8 heteroatoms. The fourth-order valence-electron chi connectivity index (χ4n) is 3.06. The number of nitrogens with zero attached hydrogens (tertiary/aromatic N) is 1. The van der Waals surface area contributed by atoms with E-state index in [1.54, 1.807) is 0 Å². The van der Waals surface area contributed by atoms with E-state index >= 15 is 0 Å². The maximum Gasteiger partial charge on any atom is 0.417 e. The van der Waals surface area contributed by atoms with E-state index in [9.17, 15) is 18.0 Å². The normalized spacial score (nSPS) is 15.5. The third-order valence-corrected chi connectivity index (χ3v) is 5.05. The highest BCUT2D eigenvalue weighted by atomic mass is 35.5. The molecule has 0 unspecified atom stereocenters. The maximum absolute atomic E-state index is 12.9. The van der Waals surface area contributed by atoms with Gasteiger partial charge in [0.1, 0.15) is 0 Å². The van der Waals surface area contributed by atoms with E-state index in [1.165, 1.54) is 29.8 Å². The van der Waals surface area contributed by atoms with Crippen LogP contribution in [0.2, 0.25) is 5.02 Å². The van der Waals surface area contributed by atoms with E-state index < -0.39 is 17.6 Å². The second kappa shape index (κ2) is 10.1. The number of nitrogens with one attached hydrogen (secondary N) is 1. The van der Waals surface area contributed by atoms with Gasteiger partial charge in [0.15, 0.2) is 0 Å². The lowest BCUT2D eigenvalue weighted by Gasteiger charge is -2.26. The molecule has 0 atom stereocenters. The topological polar surface area (TPSA) is 41.6 Å². The number of carbonyl (C=O) groups is 1. The van der Waals surface area contributed by atoms with Crippen LogP contribution >= 0.6 is 11.6 Å². The molecule has 3 rings (SSSR count). The highest BCUT2D eigenvalue weighted by Gasteiger charge is 2.33. The lowest BCUT2D eigenvalue weighted by molar-refractivity contribution is -0.137. The van der Waals surface area contributed by atoms with Gasteiger partial charge in [-0.15, -0.1) is 0 Å². The quantitative estimate of drug-likeness (QED) is 0.674. The van der Waals surface area contributed by atoms with E-state index in [0.717, 1.165) is 44.5 Å². The maximum atomic E-state index is 12.9. The summed E-state index contributed by atoms with van der Waals surface area (Å²) in [7, 11) is 0. The Labute approximate surface area is 178 Å². The first-order chi connectivity index (χ1) is 14.3. The molecule has 2 aromatic carbocycles. The highest BCUT2D eigenvalue weighted by Crippen LogP contribution is 2.35. The van der Waals surface area contributed by atoms with Crippen molar-refractivity contribution < 1.29 is 22.7 Å². The summed E-state index contributed by atoms with van der Waals surface area (Å²) in [5, 5.41) is 2.35. The molecular weight excluding hydrogens is 417 g/mol. The van der Waals surface area contributed by atoms with E-state index in [4.69, 9.17) is 16.3 Å². The summed E-state index contributed by atoms with van der Waals surface area (Å²) in [4.78, 5) is 14.3. The molecule has 1 saturated heterocycles.